The van der Waals surface area contributed by atoms with Crippen LogP contribution in [0.15, 0.2) is 24.4 Å². The fourth-order valence-corrected chi connectivity index (χ4v) is 1.45. The monoisotopic (exact) mass is 218 g/mol. The van der Waals surface area contributed by atoms with Gasteiger partial charge in [0.25, 0.3) is 0 Å². The summed E-state index contributed by atoms with van der Waals surface area (Å²) in [6.45, 7) is 2.75. The number of aromatic nitrogens is 2. The van der Waals surface area contributed by atoms with Crippen LogP contribution in [-0.4, -0.2) is 21.4 Å². The molecular formula is C11H10N2O3. The fraction of sp³-hybridized carbons (Fsp3) is 0.182. The van der Waals surface area contributed by atoms with E-state index in [9.17, 15) is 9.59 Å². The lowest BCUT2D eigenvalue weighted by Crippen LogP contribution is -2.06. The Labute approximate surface area is 91.6 Å². The average molecular weight is 218 g/mol. The lowest BCUT2D eigenvalue weighted by atomic mass is 10.3. The first kappa shape index (κ1) is 10.4. The van der Waals surface area contributed by atoms with Gasteiger partial charge in [-0.1, -0.05) is 0 Å². The highest BCUT2D eigenvalue weighted by Crippen LogP contribution is 2.17. The molecule has 0 radical (unpaired) electrons. The number of nitrogens with zero attached hydrogens (tertiary/aromatic N) is 2. The van der Waals surface area contributed by atoms with Gasteiger partial charge < -0.3 is 4.74 Å². The standard InChI is InChI=1S/C11H10N2O3/c1-7(14)13-6-5-9-3-4-10(12-11(9)13)16-8(2)15/h3-6H,1-2H3. The molecule has 0 amide bonds. The van der Waals surface area contributed by atoms with E-state index in [-0.39, 0.29) is 11.8 Å². The third kappa shape index (κ3) is 1.79. The molecule has 82 valence electrons. The first-order valence-corrected chi connectivity index (χ1v) is 4.75. The number of pyridine rings is 1. The van der Waals surface area contributed by atoms with Crippen molar-refractivity contribution in [3.8, 4) is 5.88 Å². The minimum Gasteiger partial charge on any atom is -0.408 e. The van der Waals surface area contributed by atoms with Crippen LogP contribution in [0.2, 0.25) is 0 Å². The van der Waals surface area contributed by atoms with Gasteiger partial charge in [-0.15, -0.1) is 0 Å². The van der Waals surface area contributed by atoms with Crippen LogP contribution < -0.4 is 4.74 Å². The summed E-state index contributed by atoms with van der Waals surface area (Å²) in [5.74, 6) is -0.378. The fourth-order valence-electron chi connectivity index (χ4n) is 1.45. The molecule has 0 N–H and O–H groups in total. The summed E-state index contributed by atoms with van der Waals surface area (Å²) >= 11 is 0. The molecule has 2 heterocycles. The minimum atomic E-state index is -0.437. The number of rotatable bonds is 1. The van der Waals surface area contributed by atoms with Crippen molar-refractivity contribution in [3.05, 3.63) is 24.4 Å². The van der Waals surface area contributed by atoms with E-state index in [1.807, 2.05) is 0 Å². The highest BCUT2D eigenvalue weighted by Gasteiger charge is 2.08. The lowest BCUT2D eigenvalue weighted by Gasteiger charge is -2.02. The summed E-state index contributed by atoms with van der Waals surface area (Å²) < 4.78 is 6.26. The van der Waals surface area contributed by atoms with Crippen molar-refractivity contribution in [2.45, 2.75) is 13.8 Å². The van der Waals surface area contributed by atoms with E-state index in [2.05, 4.69) is 4.98 Å². The Kier molecular flexibility index (Phi) is 2.44. The molecule has 5 heteroatoms. The van der Waals surface area contributed by atoms with Crippen LogP contribution in [0.3, 0.4) is 0 Å². The predicted octanol–water partition coefficient (Wildman–Crippen LogP) is 1.62. The first-order chi connectivity index (χ1) is 7.58. The van der Waals surface area contributed by atoms with E-state index in [0.29, 0.717) is 5.65 Å². The molecule has 2 rings (SSSR count). The zero-order chi connectivity index (χ0) is 11.7. The highest BCUT2D eigenvalue weighted by atomic mass is 16.5. The van der Waals surface area contributed by atoms with Gasteiger partial charge in [-0.2, -0.15) is 4.98 Å². The van der Waals surface area contributed by atoms with Gasteiger partial charge in [0.2, 0.25) is 11.8 Å². The molecule has 0 unspecified atom stereocenters. The summed E-state index contributed by atoms with van der Waals surface area (Å²) in [5.41, 5.74) is 0.492. The van der Waals surface area contributed by atoms with E-state index in [0.717, 1.165) is 5.39 Å². The average Bonchev–Trinajstić information content (AvgIpc) is 2.59. The molecule has 0 aromatic carbocycles. The van der Waals surface area contributed by atoms with E-state index in [4.69, 9.17) is 4.74 Å². The number of hydrogen-bond donors (Lipinski definition) is 0. The Morgan fingerprint density at radius 3 is 2.62 bits per heavy atom. The first-order valence-electron chi connectivity index (χ1n) is 4.75. The van der Waals surface area contributed by atoms with Gasteiger partial charge in [-0.3, -0.25) is 14.2 Å². The maximum absolute atomic E-state index is 11.3. The number of carbonyl (C=O) groups is 2. The second-order valence-corrected chi connectivity index (χ2v) is 3.36. The molecule has 16 heavy (non-hydrogen) atoms. The normalized spacial score (nSPS) is 10.4. The van der Waals surface area contributed by atoms with Crippen LogP contribution in [0.4, 0.5) is 0 Å². The Balaban J connectivity index is 2.54. The molecule has 0 fully saturated rings. The maximum atomic E-state index is 11.3. The van der Waals surface area contributed by atoms with Crippen LogP contribution in [0.1, 0.15) is 18.6 Å². The quantitative estimate of drug-likeness (QED) is 0.682. The Morgan fingerprint density at radius 2 is 2.00 bits per heavy atom. The smallest absolute Gasteiger partial charge is 0.309 e. The molecule has 5 nitrogen and oxygen atoms in total. The van der Waals surface area contributed by atoms with Gasteiger partial charge in [0.15, 0.2) is 5.65 Å². The van der Waals surface area contributed by atoms with E-state index in [1.165, 1.54) is 18.4 Å². The van der Waals surface area contributed by atoms with Crippen LogP contribution >= 0.6 is 0 Å². The van der Waals surface area contributed by atoms with Crippen LogP contribution in [0, 0.1) is 0 Å². The zero-order valence-electron chi connectivity index (χ0n) is 8.93. The van der Waals surface area contributed by atoms with E-state index >= 15 is 0 Å². The van der Waals surface area contributed by atoms with E-state index in [1.54, 1.807) is 24.4 Å². The van der Waals surface area contributed by atoms with Gasteiger partial charge in [-0.05, 0) is 12.1 Å². The molecular weight excluding hydrogens is 208 g/mol. The summed E-state index contributed by atoms with van der Waals surface area (Å²) in [6, 6.07) is 5.12. The van der Waals surface area contributed by atoms with Crippen molar-refractivity contribution in [2.75, 3.05) is 0 Å². The summed E-state index contributed by atoms with van der Waals surface area (Å²) in [4.78, 5) is 26.1. The second-order valence-electron chi connectivity index (χ2n) is 3.36. The molecule has 0 atom stereocenters. The third-order valence-corrected chi connectivity index (χ3v) is 2.10. The summed E-state index contributed by atoms with van der Waals surface area (Å²) in [6.07, 6.45) is 1.64. The minimum absolute atomic E-state index is 0.137. The van der Waals surface area contributed by atoms with Gasteiger partial charge in [0.05, 0.1) is 0 Å². The highest BCUT2D eigenvalue weighted by molar-refractivity contribution is 5.89. The van der Waals surface area contributed by atoms with E-state index < -0.39 is 5.97 Å². The second kappa shape index (κ2) is 3.77. The van der Waals surface area contributed by atoms with Crippen LogP contribution in [0.25, 0.3) is 11.0 Å². The van der Waals surface area contributed by atoms with Gasteiger partial charge in [0.1, 0.15) is 0 Å². The van der Waals surface area contributed by atoms with Gasteiger partial charge in [0, 0.05) is 31.5 Å². The Morgan fingerprint density at radius 1 is 1.25 bits per heavy atom. The molecule has 0 aliphatic carbocycles. The molecule has 0 spiro atoms. The number of esters is 1. The van der Waals surface area contributed by atoms with Gasteiger partial charge >= 0.3 is 5.97 Å². The lowest BCUT2D eigenvalue weighted by molar-refractivity contribution is -0.132. The zero-order valence-corrected chi connectivity index (χ0v) is 8.93. The SMILES string of the molecule is CC(=O)Oc1ccc2ccn(C(C)=O)c2n1. The van der Waals surface area contributed by atoms with Gasteiger partial charge in [-0.25, -0.2) is 0 Å². The summed E-state index contributed by atoms with van der Waals surface area (Å²) in [5, 5.41) is 0.825. The van der Waals surface area contributed by atoms with Crippen LogP contribution in [0.5, 0.6) is 5.88 Å². The molecule has 0 saturated carbocycles. The summed E-state index contributed by atoms with van der Waals surface area (Å²) in [7, 11) is 0. The number of carbonyl (C=O) groups excluding carboxylic acids is 2. The predicted molar refractivity (Wildman–Crippen MR) is 57.3 cm³/mol. The molecule has 0 bridgehead atoms. The maximum Gasteiger partial charge on any atom is 0.309 e. The molecule has 0 aliphatic rings. The van der Waals surface area contributed by atoms with Crippen molar-refractivity contribution in [3.63, 3.8) is 0 Å². The Bertz CT molecular complexity index is 572. The van der Waals surface area contributed by atoms with Crippen molar-refractivity contribution in [2.24, 2.45) is 0 Å². The molecule has 0 saturated heterocycles. The van der Waals surface area contributed by atoms with Crippen molar-refractivity contribution in [1.82, 2.24) is 9.55 Å². The molecule has 0 aliphatic heterocycles. The van der Waals surface area contributed by atoms with Crippen molar-refractivity contribution < 1.29 is 14.3 Å². The van der Waals surface area contributed by atoms with Crippen molar-refractivity contribution >= 4 is 22.9 Å². The number of fused-ring (bicyclic) bond motifs is 1. The third-order valence-electron chi connectivity index (χ3n) is 2.10. The molecule has 2 aromatic rings. The Hall–Kier alpha value is -2.17. The largest absolute Gasteiger partial charge is 0.408 e. The van der Waals surface area contributed by atoms with Crippen molar-refractivity contribution in [1.29, 1.82) is 0 Å². The number of hydrogen-bond acceptors (Lipinski definition) is 4. The molecule has 2 aromatic heterocycles. The van der Waals surface area contributed by atoms with Crippen LogP contribution in [-0.2, 0) is 4.79 Å². The number of ether oxygens (including phenoxy) is 1. The topological polar surface area (TPSA) is 61.2 Å².